The van der Waals surface area contributed by atoms with Gasteiger partial charge in [0.1, 0.15) is 11.4 Å². The summed E-state index contributed by atoms with van der Waals surface area (Å²) in [4.78, 5) is 20.5. The van der Waals surface area contributed by atoms with Crippen molar-refractivity contribution in [3.8, 4) is 11.6 Å². The normalized spacial score (nSPS) is 33.6. The number of carbonyl (C=O) groups is 1. The molecule has 2 aliphatic carbocycles. The summed E-state index contributed by atoms with van der Waals surface area (Å²) in [5, 5.41) is 13.0. The van der Waals surface area contributed by atoms with Gasteiger partial charge >= 0.3 is 0 Å². The van der Waals surface area contributed by atoms with E-state index < -0.39 is 26.5 Å². The van der Waals surface area contributed by atoms with Crippen LogP contribution in [-0.4, -0.2) is 58.1 Å². The number of aromatic nitrogens is 1. The summed E-state index contributed by atoms with van der Waals surface area (Å²) in [6.45, 7) is 5.70. The molecular weight excluding hydrogens is 658 g/mol. The molecule has 49 heavy (non-hydrogen) atoms. The molecule has 4 aliphatic rings. The van der Waals surface area contributed by atoms with Gasteiger partial charge in [0.25, 0.3) is 5.91 Å². The van der Waals surface area contributed by atoms with Gasteiger partial charge < -0.3 is 19.5 Å². The Kier molecular flexibility index (Phi) is 8.99. The smallest absolute Gasteiger partial charge is 0.262 e. The molecule has 10 heteroatoms. The van der Waals surface area contributed by atoms with E-state index in [4.69, 9.17) is 21.1 Å². The lowest BCUT2D eigenvalue weighted by atomic mass is 9.62. The molecule has 0 saturated heterocycles. The van der Waals surface area contributed by atoms with E-state index in [1.807, 2.05) is 50.3 Å². The summed E-state index contributed by atoms with van der Waals surface area (Å²) in [6.07, 6.45) is 10.9. The fraction of sp³-hybridized carbons (Fsp3) is 0.462. The number of benzene rings is 2. The first kappa shape index (κ1) is 33.9. The van der Waals surface area contributed by atoms with Crippen molar-refractivity contribution in [3.63, 3.8) is 0 Å². The van der Waals surface area contributed by atoms with Gasteiger partial charge in [-0.05, 0) is 111 Å². The highest BCUT2D eigenvalue weighted by Crippen LogP contribution is 2.51. The number of amides is 1. The second-order valence-electron chi connectivity index (χ2n) is 14.6. The highest BCUT2D eigenvalue weighted by molar-refractivity contribution is 7.99. The number of hydrogen-bond acceptors (Lipinski definition) is 7. The van der Waals surface area contributed by atoms with Crippen molar-refractivity contribution >= 4 is 38.8 Å². The fourth-order valence-electron chi connectivity index (χ4n) is 8.42. The molecule has 1 fully saturated rings. The molecule has 3 heterocycles. The monoisotopic (exact) mass is 703 g/mol. The van der Waals surface area contributed by atoms with Crippen LogP contribution in [0.3, 0.4) is 0 Å². The molecule has 1 amide bonds. The number of hydrogen-bond donors (Lipinski definition) is 2. The lowest BCUT2D eigenvalue weighted by molar-refractivity contribution is -0.0502. The van der Waals surface area contributed by atoms with Crippen LogP contribution in [0.4, 0.5) is 5.69 Å². The van der Waals surface area contributed by atoms with Gasteiger partial charge in [-0.25, -0.2) is 9.19 Å². The molecule has 0 radical (unpaired) electrons. The Morgan fingerprint density at radius 1 is 1.16 bits per heavy atom. The van der Waals surface area contributed by atoms with Crippen LogP contribution in [0.25, 0.3) is 0 Å². The molecule has 2 bridgehead atoms. The molecule has 3 aromatic rings. The summed E-state index contributed by atoms with van der Waals surface area (Å²) in [5.41, 5.74) is 2.90. The molecule has 1 aromatic heterocycles. The molecule has 2 aromatic carbocycles. The highest BCUT2D eigenvalue weighted by Gasteiger charge is 2.49. The van der Waals surface area contributed by atoms with Gasteiger partial charge in [0.15, 0.2) is 0 Å². The third-order valence-electron chi connectivity index (χ3n) is 11.7. The van der Waals surface area contributed by atoms with E-state index in [0.29, 0.717) is 48.9 Å². The first-order valence-corrected chi connectivity index (χ1v) is 19.5. The van der Waals surface area contributed by atoms with E-state index in [9.17, 15) is 14.1 Å². The van der Waals surface area contributed by atoms with Gasteiger partial charge in [0.2, 0.25) is 5.88 Å². The summed E-state index contributed by atoms with van der Waals surface area (Å²) >= 11 is 6.46. The molecule has 2 aliphatic heterocycles. The number of aliphatic hydroxyl groups is 1. The maximum Gasteiger partial charge on any atom is 0.262 e. The quantitative estimate of drug-likeness (QED) is 0.233. The van der Waals surface area contributed by atoms with Crippen LogP contribution in [0.15, 0.2) is 66.9 Å². The number of nitrogens with zero attached hydrogens (tertiary/aromatic N) is 2. The van der Waals surface area contributed by atoms with Crippen molar-refractivity contribution in [1.29, 1.82) is 0 Å². The first-order chi connectivity index (χ1) is 23.4. The van der Waals surface area contributed by atoms with Crippen LogP contribution in [0.1, 0.15) is 73.0 Å². The molecule has 1 unspecified atom stereocenters. The molecule has 1 spiro atoms. The maximum atomic E-state index is 13.9. The third kappa shape index (κ3) is 6.23. The van der Waals surface area contributed by atoms with E-state index in [1.165, 1.54) is 11.1 Å². The molecular formula is C39H46ClN3O5S. The average molecular weight is 704 g/mol. The topological polar surface area (TPSA) is 101 Å². The van der Waals surface area contributed by atoms with Crippen LogP contribution < -0.4 is 19.1 Å². The molecule has 7 atom stereocenters. The largest absolute Gasteiger partial charge is 0.490 e. The zero-order valence-electron chi connectivity index (χ0n) is 28.5. The lowest BCUT2D eigenvalue weighted by Crippen LogP contribution is -2.51. The first-order valence-electron chi connectivity index (χ1n) is 17.3. The van der Waals surface area contributed by atoms with Crippen molar-refractivity contribution in [3.05, 3.63) is 94.2 Å². The highest BCUT2D eigenvalue weighted by atomic mass is 35.5. The number of nitrogens with one attached hydrogen (secondary N) is 1. The Morgan fingerprint density at radius 2 is 2.00 bits per heavy atom. The zero-order chi connectivity index (χ0) is 34.6. The van der Waals surface area contributed by atoms with Gasteiger partial charge in [-0.15, -0.1) is 0 Å². The van der Waals surface area contributed by atoms with Crippen molar-refractivity contribution in [1.82, 2.24) is 9.71 Å². The van der Waals surface area contributed by atoms with Crippen LogP contribution in [0, 0.1) is 17.8 Å². The number of methoxy groups -OCH3 is 1. The molecule has 260 valence electrons. The molecule has 1 saturated carbocycles. The van der Waals surface area contributed by atoms with Crippen LogP contribution in [0.2, 0.25) is 5.02 Å². The van der Waals surface area contributed by atoms with Crippen molar-refractivity contribution in [2.45, 2.75) is 68.6 Å². The van der Waals surface area contributed by atoms with Crippen LogP contribution in [0.5, 0.6) is 11.6 Å². The van der Waals surface area contributed by atoms with E-state index in [0.717, 1.165) is 42.8 Å². The number of carbonyl (C=O) groups excluding carboxylic acids is 1. The minimum Gasteiger partial charge on any atom is -0.490 e. The third-order valence-corrected chi connectivity index (χ3v) is 14.1. The number of ether oxygens (including phenoxy) is 2. The van der Waals surface area contributed by atoms with E-state index >= 15 is 0 Å². The van der Waals surface area contributed by atoms with Gasteiger partial charge in [-0.2, -0.15) is 0 Å². The fourth-order valence-corrected chi connectivity index (χ4v) is 10.1. The minimum atomic E-state index is -3.01. The van der Waals surface area contributed by atoms with E-state index in [2.05, 4.69) is 32.6 Å². The standard InChI is InChI=1S/C39H46ClN3O5S/c1-25-7-5-18-39(45,30-11-16-36(47-3)41-21-30)33-13-9-29(33)22-43-23-38(17-6-8-27-19-31(40)12-14-32(27)38)24-48-35-15-10-28(20-34(35)43)37(44)42-49(4,46)26(25)2/h5,10-12,14-16,18-21,25-26,29,33,45H,4,6-9,13,17,22-24H2,1-3H3,(H,42,44,46)/b18-5+/t25-,26+,29-,33+,38-,39-,49?/m0/s1. The van der Waals surface area contributed by atoms with Crippen molar-refractivity contribution in [2.75, 3.05) is 31.7 Å². The second-order valence-corrected chi connectivity index (χ2v) is 17.5. The number of aryl methyl sites for hydroxylation is 1. The molecule has 8 nitrogen and oxygen atoms in total. The van der Waals surface area contributed by atoms with Crippen LogP contribution in [-0.2, 0) is 27.1 Å². The lowest BCUT2D eigenvalue weighted by Gasteiger charge is -2.49. The predicted octanol–water partition coefficient (Wildman–Crippen LogP) is 6.48. The second kappa shape index (κ2) is 13.0. The molecule has 2 N–H and O–H groups in total. The van der Waals surface area contributed by atoms with E-state index in [-0.39, 0.29) is 23.2 Å². The van der Waals surface area contributed by atoms with Crippen LogP contribution >= 0.6 is 11.6 Å². The minimum absolute atomic E-state index is 0.0785. The Labute approximate surface area is 295 Å². The zero-order valence-corrected chi connectivity index (χ0v) is 30.1. The number of anilines is 1. The predicted molar refractivity (Wildman–Crippen MR) is 196 cm³/mol. The number of pyridine rings is 1. The van der Waals surface area contributed by atoms with Crippen molar-refractivity contribution < 1.29 is 23.6 Å². The number of halogens is 1. The number of fused-ring (bicyclic) bond motifs is 4. The van der Waals surface area contributed by atoms with Crippen molar-refractivity contribution in [2.24, 2.45) is 17.8 Å². The summed E-state index contributed by atoms with van der Waals surface area (Å²) in [5.74, 6) is 4.76. The van der Waals surface area contributed by atoms with Gasteiger partial charge in [0, 0.05) is 58.1 Å². The Morgan fingerprint density at radius 3 is 2.73 bits per heavy atom. The SMILES string of the molecule is C=S1(=O)NC(=O)c2ccc3c(c2)N(C[C@@H]2CC[C@H]2[C@@](O)(c2ccc(OC)nc2)/C=C/C[C@H](C)[C@H]1C)C[C@@]1(CCCc2cc(Cl)ccc21)CO3. The van der Waals surface area contributed by atoms with E-state index in [1.54, 1.807) is 25.4 Å². The maximum absolute atomic E-state index is 13.9. The summed E-state index contributed by atoms with van der Waals surface area (Å²) in [6, 6.07) is 15.4. The van der Waals surface area contributed by atoms with Gasteiger partial charge in [-0.3, -0.25) is 9.52 Å². The Hall–Kier alpha value is -3.53. The Bertz CT molecular complexity index is 1880. The summed E-state index contributed by atoms with van der Waals surface area (Å²) in [7, 11) is -1.43. The summed E-state index contributed by atoms with van der Waals surface area (Å²) < 4.78 is 28.7. The number of rotatable bonds is 2. The average Bonchev–Trinajstić information content (AvgIpc) is 3.22. The van der Waals surface area contributed by atoms with Gasteiger partial charge in [-0.1, -0.05) is 36.7 Å². The molecule has 7 rings (SSSR count). The van der Waals surface area contributed by atoms with Gasteiger partial charge in [0.05, 0.1) is 29.1 Å². The Balaban J connectivity index is 1.34. The number of allylic oxidation sites excluding steroid dienone is 1.